The molecular weight excluding hydrogens is 156 g/mol. The van der Waals surface area contributed by atoms with Crippen molar-refractivity contribution in [3.63, 3.8) is 0 Å². The Morgan fingerprint density at radius 1 is 1.58 bits per heavy atom. The first-order chi connectivity index (χ1) is 5.46. The van der Waals surface area contributed by atoms with Crippen molar-refractivity contribution >= 4 is 5.97 Å². The van der Waals surface area contributed by atoms with E-state index in [1.807, 2.05) is 0 Å². The van der Waals surface area contributed by atoms with Crippen LogP contribution in [-0.4, -0.2) is 24.3 Å². The third-order valence-corrected chi connectivity index (χ3v) is 1.83. The molecule has 0 aromatic heterocycles. The number of rotatable bonds is 3. The van der Waals surface area contributed by atoms with Crippen molar-refractivity contribution in [1.29, 1.82) is 0 Å². The zero-order valence-corrected chi connectivity index (χ0v) is 8.00. The maximum atomic E-state index is 11.1. The molecule has 0 aliphatic heterocycles. The molecular formula is C9H16O3. The van der Waals surface area contributed by atoms with E-state index in [2.05, 4.69) is 4.74 Å². The Morgan fingerprint density at radius 3 is 2.42 bits per heavy atom. The molecule has 0 rings (SSSR count). The standard InChI is InChI=1S/C9H16O3/c1-5-6-7(10)9(2,3)8(11)12-4/h5-7,10H,1-4H3/b6-5+. The smallest absolute Gasteiger partial charge is 0.314 e. The van der Waals surface area contributed by atoms with E-state index in [4.69, 9.17) is 0 Å². The predicted octanol–water partition coefficient (Wildman–Crippen LogP) is 1.12. The van der Waals surface area contributed by atoms with Crippen LogP contribution in [0, 0.1) is 5.41 Å². The van der Waals surface area contributed by atoms with Crippen LogP contribution in [0.25, 0.3) is 0 Å². The third-order valence-electron chi connectivity index (χ3n) is 1.83. The fourth-order valence-corrected chi connectivity index (χ4v) is 0.807. The van der Waals surface area contributed by atoms with Gasteiger partial charge in [-0.05, 0) is 20.8 Å². The van der Waals surface area contributed by atoms with E-state index in [0.29, 0.717) is 0 Å². The van der Waals surface area contributed by atoms with Gasteiger partial charge in [0.1, 0.15) is 0 Å². The summed E-state index contributed by atoms with van der Waals surface area (Å²) in [5.41, 5.74) is -0.874. The van der Waals surface area contributed by atoms with Gasteiger partial charge < -0.3 is 9.84 Å². The maximum Gasteiger partial charge on any atom is 0.314 e. The number of aliphatic hydroxyl groups excluding tert-OH is 1. The van der Waals surface area contributed by atoms with Gasteiger partial charge in [0.05, 0.1) is 18.6 Å². The van der Waals surface area contributed by atoms with Crippen LogP contribution in [0.1, 0.15) is 20.8 Å². The molecule has 3 nitrogen and oxygen atoms in total. The summed E-state index contributed by atoms with van der Waals surface area (Å²) in [6, 6.07) is 0. The minimum Gasteiger partial charge on any atom is -0.469 e. The summed E-state index contributed by atoms with van der Waals surface area (Å²) in [7, 11) is 1.31. The summed E-state index contributed by atoms with van der Waals surface area (Å²) in [5.74, 6) is -0.409. The van der Waals surface area contributed by atoms with Gasteiger partial charge in [0, 0.05) is 0 Å². The highest BCUT2D eigenvalue weighted by Crippen LogP contribution is 2.23. The molecule has 1 atom stereocenters. The summed E-state index contributed by atoms with van der Waals surface area (Å²) in [5, 5.41) is 9.49. The number of hydrogen-bond donors (Lipinski definition) is 1. The molecule has 3 heteroatoms. The van der Waals surface area contributed by atoms with Crippen molar-refractivity contribution in [2.24, 2.45) is 5.41 Å². The van der Waals surface area contributed by atoms with Crippen LogP contribution >= 0.6 is 0 Å². The van der Waals surface area contributed by atoms with E-state index < -0.39 is 17.5 Å². The lowest BCUT2D eigenvalue weighted by Crippen LogP contribution is -2.36. The average molecular weight is 172 g/mol. The summed E-state index contributed by atoms with van der Waals surface area (Å²) >= 11 is 0. The Hall–Kier alpha value is -0.830. The Balaban J connectivity index is 4.48. The van der Waals surface area contributed by atoms with Crippen LogP contribution in [0.3, 0.4) is 0 Å². The SMILES string of the molecule is C/C=C/C(O)C(C)(C)C(=O)OC. The first kappa shape index (κ1) is 11.2. The first-order valence-corrected chi connectivity index (χ1v) is 3.86. The normalized spacial score (nSPS) is 14.8. The zero-order chi connectivity index (χ0) is 9.78. The molecule has 0 aliphatic carbocycles. The summed E-state index contributed by atoms with van der Waals surface area (Å²) in [6.07, 6.45) is 2.47. The Morgan fingerprint density at radius 2 is 2.08 bits per heavy atom. The summed E-state index contributed by atoms with van der Waals surface area (Å²) in [6.45, 7) is 5.07. The molecule has 0 radical (unpaired) electrons. The lowest BCUT2D eigenvalue weighted by Gasteiger charge is -2.24. The van der Waals surface area contributed by atoms with Crippen molar-refractivity contribution < 1.29 is 14.6 Å². The van der Waals surface area contributed by atoms with Crippen molar-refractivity contribution in [1.82, 2.24) is 0 Å². The lowest BCUT2D eigenvalue weighted by molar-refractivity contribution is -0.155. The molecule has 70 valence electrons. The fraction of sp³-hybridized carbons (Fsp3) is 0.667. The number of hydrogen-bond acceptors (Lipinski definition) is 3. The van der Waals surface area contributed by atoms with E-state index in [0.717, 1.165) is 0 Å². The van der Waals surface area contributed by atoms with E-state index in [9.17, 15) is 9.90 Å². The van der Waals surface area contributed by atoms with Gasteiger partial charge in [0.25, 0.3) is 0 Å². The molecule has 0 spiro atoms. The second kappa shape index (κ2) is 4.26. The van der Waals surface area contributed by atoms with E-state index >= 15 is 0 Å². The molecule has 0 aromatic carbocycles. The molecule has 12 heavy (non-hydrogen) atoms. The summed E-state index contributed by atoms with van der Waals surface area (Å²) in [4.78, 5) is 11.1. The molecule has 1 unspecified atom stereocenters. The van der Waals surface area contributed by atoms with Crippen molar-refractivity contribution in [2.75, 3.05) is 7.11 Å². The van der Waals surface area contributed by atoms with Crippen LogP contribution in [0.2, 0.25) is 0 Å². The van der Waals surface area contributed by atoms with E-state index in [-0.39, 0.29) is 0 Å². The molecule has 0 bridgehead atoms. The van der Waals surface area contributed by atoms with Gasteiger partial charge in [-0.15, -0.1) is 0 Å². The Labute approximate surface area is 73.0 Å². The van der Waals surface area contributed by atoms with Gasteiger partial charge in [-0.3, -0.25) is 4.79 Å². The number of esters is 1. The maximum absolute atomic E-state index is 11.1. The van der Waals surface area contributed by atoms with Gasteiger partial charge in [0.15, 0.2) is 0 Å². The number of ether oxygens (including phenoxy) is 1. The number of carbonyl (C=O) groups excluding carboxylic acids is 1. The lowest BCUT2D eigenvalue weighted by atomic mass is 9.86. The molecule has 0 aromatic rings. The molecule has 0 saturated heterocycles. The number of methoxy groups -OCH3 is 1. The molecule has 0 heterocycles. The van der Waals surface area contributed by atoms with Gasteiger partial charge in [-0.1, -0.05) is 12.2 Å². The third kappa shape index (κ3) is 2.34. The van der Waals surface area contributed by atoms with Crippen LogP contribution in [0.15, 0.2) is 12.2 Å². The Kier molecular flexibility index (Phi) is 3.96. The zero-order valence-electron chi connectivity index (χ0n) is 8.00. The minimum atomic E-state index is -0.874. The quantitative estimate of drug-likeness (QED) is 0.512. The van der Waals surface area contributed by atoms with Crippen LogP contribution in [-0.2, 0) is 9.53 Å². The van der Waals surface area contributed by atoms with Crippen molar-refractivity contribution in [2.45, 2.75) is 26.9 Å². The second-order valence-electron chi connectivity index (χ2n) is 3.18. The highest BCUT2D eigenvalue weighted by atomic mass is 16.5. The molecule has 0 saturated carbocycles. The molecule has 1 N–H and O–H groups in total. The average Bonchev–Trinajstić information content (AvgIpc) is 2.03. The Bertz CT molecular complexity index is 182. The van der Waals surface area contributed by atoms with Crippen molar-refractivity contribution in [3.05, 3.63) is 12.2 Å². The van der Waals surface area contributed by atoms with Crippen LogP contribution in [0.5, 0.6) is 0 Å². The predicted molar refractivity (Wildman–Crippen MR) is 46.6 cm³/mol. The van der Waals surface area contributed by atoms with Gasteiger partial charge in [-0.2, -0.15) is 0 Å². The number of carbonyl (C=O) groups is 1. The summed E-state index contributed by atoms with van der Waals surface area (Å²) < 4.78 is 4.55. The first-order valence-electron chi connectivity index (χ1n) is 3.86. The van der Waals surface area contributed by atoms with Crippen molar-refractivity contribution in [3.8, 4) is 0 Å². The molecule has 0 fully saturated rings. The fourth-order valence-electron chi connectivity index (χ4n) is 0.807. The molecule has 0 aliphatic rings. The van der Waals surface area contributed by atoms with E-state index in [1.54, 1.807) is 32.9 Å². The van der Waals surface area contributed by atoms with Gasteiger partial charge >= 0.3 is 5.97 Å². The highest BCUT2D eigenvalue weighted by molar-refractivity contribution is 5.76. The number of allylic oxidation sites excluding steroid dienone is 1. The minimum absolute atomic E-state index is 0.409. The monoisotopic (exact) mass is 172 g/mol. The topological polar surface area (TPSA) is 46.5 Å². The number of aliphatic hydroxyl groups is 1. The highest BCUT2D eigenvalue weighted by Gasteiger charge is 2.35. The van der Waals surface area contributed by atoms with Crippen LogP contribution < -0.4 is 0 Å². The van der Waals surface area contributed by atoms with E-state index in [1.165, 1.54) is 7.11 Å². The molecule has 0 amide bonds. The van der Waals surface area contributed by atoms with Gasteiger partial charge in [0.2, 0.25) is 0 Å². The largest absolute Gasteiger partial charge is 0.469 e. The van der Waals surface area contributed by atoms with Gasteiger partial charge in [-0.25, -0.2) is 0 Å². The second-order valence-corrected chi connectivity index (χ2v) is 3.18. The van der Waals surface area contributed by atoms with Crippen LogP contribution in [0.4, 0.5) is 0 Å².